The summed E-state index contributed by atoms with van der Waals surface area (Å²) in [5.74, 6) is -0.635. The van der Waals surface area contributed by atoms with Crippen molar-refractivity contribution in [2.45, 2.75) is 19.9 Å². The van der Waals surface area contributed by atoms with Crippen LogP contribution in [0.4, 0.5) is 5.82 Å². The molecule has 0 aromatic carbocycles. The van der Waals surface area contributed by atoms with Gasteiger partial charge in [0, 0.05) is 6.54 Å². The largest absolute Gasteiger partial charge is 0.395 e. The predicted molar refractivity (Wildman–Crippen MR) is 58.4 cm³/mol. The summed E-state index contributed by atoms with van der Waals surface area (Å²) in [4.78, 5) is 21.5. The number of rotatable bonds is 5. The summed E-state index contributed by atoms with van der Waals surface area (Å²) >= 11 is 0. The van der Waals surface area contributed by atoms with Crippen LogP contribution in [0.25, 0.3) is 0 Å². The van der Waals surface area contributed by atoms with Crippen LogP contribution in [0.3, 0.4) is 0 Å². The third-order valence-electron chi connectivity index (χ3n) is 2.25. The maximum Gasteiger partial charge on any atom is 0.390 e. The second-order valence-electron chi connectivity index (χ2n) is 3.54. The van der Waals surface area contributed by atoms with Crippen molar-refractivity contribution in [1.29, 1.82) is 0 Å². The lowest BCUT2D eigenvalue weighted by atomic mass is 10.3. The summed E-state index contributed by atoms with van der Waals surface area (Å²) in [5.41, 5.74) is 0.531. The normalized spacial score (nSPS) is 12.2. The van der Waals surface area contributed by atoms with E-state index in [2.05, 4.69) is 10.4 Å². The van der Waals surface area contributed by atoms with E-state index in [4.69, 9.17) is 5.11 Å². The molecule has 1 heterocycles. The maximum absolute atomic E-state index is 11.6. The Morgan fingerprint density at radius 3 is 2.88 bits per heavy atom. The molecule has 0 aliphatic rings. The molecule has 1 atom stereocenters. The molecule has 1 aromatic heterocycles. The molecule has 8 nitrogen and oxygen atoms in total. The first-order chi connectivity index (χ1) is 7.97. The van der Waals surface area contributed by atoms with E-state index >= 15 is 0 Å². The fourth-order valence-corrected chi connectivity index (χ4v) is 1.39. The Balaban J connectivity index is 2.84. The van der Waals surface area contributed by atoms with Crippen molar-refractivity contribution in [2.24, 2.45) is 0 Å². The average Bonchev–Trinajstić information content (AvgIpc) is 2.67. The number of aliphatic hydroxyl groups excluding tert-OH is 1. The minimum Gasteiger partial charge on any atom is -0.395 e. The zero-order valence-electron chi connectivity index (χ0n) is 9.58. The summed E-state index contributed by atoms with van der Waals surface area (Å²) in [5, 5.41) is 25.3. The summed E-state index contributed by atoms with van der Waals surface area (Å²) in [6.07, 6.45) is 0. The van der Waals surface area contributed by atoms with Gasteiger partial charge in [0.15, 0.2) is 0 Å². The Labute approximate surface area is 97.4 Å². The standard InChI is InChI=1S/C9H14N4O4/c1-6-5-8(13(16)17)11-12(6)7(2)9(15)10-3-4-14/h5,7,14H,3-4H2,1-2H3,(H,10,15). The molecular weight excluding hydrogens is 228 g/mol. The third kappa shape index (κ3) is 3.00. The van der Waals surface area contributed by atoms with Gasteiger partial charge >= 0.3 is 5.82 Å². The monoisotopic (exact) mass is 242 g/mol. The van der Waals surface area contributed by atoms with Gasteiger partial charge in [-0.3, -0.25) is 4.79 Å². The van der Waals surface area contributed by atoms with Crippen LogP contribution in [-0.2, 0) is 4.79 Å². The Bertz CT molecular complexity index is 429. The molecule has 1 rings (SSSR count). The van der Waals surface area contributed by atoms with Crippen molar-refractivity contribution >= 4 is 11.7 Å². The maximum atomic E-state index is 11.6. The minimum atomic E-state index is -0.657. The van der Waals surface area contributed by atoms with Crippen molar-refractivity contribution in [3.63, 3.8) is 0 Å². The SMILES string of the molecule is Cc1cc([N+](=O)[O-])nn1C(C)C(=O)NCCO. The predicted octanol–water partition coefficient (Wildman–Crippen LogP) is -0.231. The number of nitrogens with one attached hydrogen (secondary N) is 1. The summed E-state index contributed by atoms with van der Waals surface area (Å²) in [6, 6.07) is 0.644. The lowest BCUT2D eigenvalue weighted by molar-refractivity contribution is -0.389. The third-order valence-corrected chi connectivity index (χ3v) is 2.25. The van der Waals surface area contributed by atoms with Crippen LogP contribution in [0.1, 0.15) is 18.7 Å². The molecule has 0 saturated carbocycles. The van der Waals surface area contributed by atoms with E-state index in [0.717, 1.165) is 0 Å². The van der Waals surface area contributed by atoms with Crippen molar-refractivity contribution in [2.75, 3.05) is 13.2 Å². The zero-order valence-corrected chi connectivity index (χ0v) is 9.58. The molecule has 0 fully saturated rings. The molecule has 1 aromatic rings. The first-order valence-corrected chi connectivity index (χ1v) is 5.06. The van der Waals surface area contributed by atoms with Gasteiger partial charge < -0.3 is 20.5 Å². The molecular formula is C9H14N4O4. The smallest absolute Gasteiger partial charge is 0.390 e. The summed E-state index contributed by atoms with van der Waals surface area (Å²) in [6.45, 7) is 3.20. The van der Waals surface area contributed by atoms with E-state index in [1.54, 1.807) is 13.8 Å². The molecule has 8 heteroatoms. The fraction of sp³-hybridized carbons (Fsp3) is 0.556. The number of aliphatic hydroxyl groups is 1. The van der Waals surface area contributed by atoms with Gasteiger partial charge in [-0.15, -0.1) is 0 Å². The first-order valence-electron chi connectivity index (χ1n) is 5.06. The molecule has 0 bridgehead atoms. The fourth-order valence-electron chi connectivity index (χ4n) is 1.39. The topological polar surface area (TPSA) is 110 Å². The molecule has 0 saturated heterocycles. The minimum absolute atomic E-state index is 0.144. The number of hydrogen-bond acceptors (Lipinski definition) is 5. The number of aromatic nitrogens is 2. The number of carbonyl (C=O) groups excluding carboxylic acids is 1. The summed E-state index contributed by atoms with van der Waals surface area (Å²) in [7, 11) is 0. The molecule has 2 N–H and O–H groups in total. The number of carbonyl (C=O) groups is 1. The van der Waals surface area contributed by atoms with Crippen LogP contribution in [0.15, 0.2) is 6.07 Å². The van der Waals surface area contributed by atoms with Crippen LogP contribution < -0.4 is 5.32 Å². The second kappa shape index (κ2) is 5.39. The van der Waals surface area contributed by atoms with E-state index in [-0.39, 0.29) is 24.9 Å². The van der Waals surface area contributed by atoms with Crippen molar-refractivity contribution in [3.8, 4) is 0 Å². The molecule has 17 heavy (non-hydrogen) atoms. The molecule has 0 spiro atoms. The molecule has 94 valence electrons. The lowest BCUT2D eigenvalue weighted by Gasteiger charge is -2.10. The molecule has 1 unspecified atom stereocenters. The average molecular weight is 242 g/mol. The van der Waals surface area contributed by atoms with Gasteiger partial charge in [0.1, 0.15) is 6.04 Å². The molecule has 0 aliphatic heterocycles. The van der Waals surface area contributed by atoms with E-state index in [1.165, 1.54) is 10.7 Å². The van der Waals surface area contributed by atoms with Gasteiger partial charge in [0.25, 0.3) is 0 Å². The van der Waals surface area contributed by atoms with E-state index in [1.807, 2.05) is 0 Å². The van der Waals surface area contributed by atoms with Crippen molar-refractivity contribution in [3.05, 3.63) is 21.9 Å². The quantitative estimate of drug-likeness (QED) is 0.547. The van der Waals surface area contributed by atoms with Crippen LogP contribution in [0.2, 0.25) is 0 Å². The van der Waals surface area contributed by atoms with Crippen LogP contribution in [0, 0.1) is 17.0 Å². The molecule has 1 amide bonds. The highest BCUT2D eigenvalue weighted by Gasteiger charge is 2.23. The van der Waals surface area contributed by atoms with Gasteiger partial charge in [-0.25, -0.2) is 0 Å². The molecule has 0 radical (unpaired) electrons. The Kier molecular flexibility index (Phi) is 4.16. The Hall–Kier alpha value is -1.96. The van der Waals surface area contributed by atoms with E-state index in [0.29, 0.717) is 5.69 Å². The highest BCUT2D eigenvalue weighted by atomic mass is 16.6. The van der Waals surface area contributed by atoms with Crippen LogP contribution >= 0.6 is 0 Å². The highest BCUT2D eigenvalue weighted by molar-refractivity contribution is 5.79. The molecule has 0 aliphatic carbocycles. The summed E-state index contributed by atoms with van der Waals surface area (Å²) < 4.78 is 1.28. The van der Waals surface area contributed by atoms with Gasteiger partial charge in [-0.05, 0) is 18.8 Å². The van der Waals surface area contributed by atoms with Gasteiger partial charge in [0.05, 0.1) is 23.5 Å². The second-order valence-corrected chi connectivity index (χ2v) is 3.54. The number of nitro groups is 1. The van der Waals surface area contributed by atoms with E-state index < -0.39 is 11.0 Å². The number of amides is 1. The van der Waals surface area contributed by atoms with Crippen LogP contribution in [-0.4, -0.2) is 38.9 Å². The zero-order chi connectivity index (χ0) is 13.0. The lowest BCUT2D eigenvalue weighted by Crippen LogP contribution is -2.33. The van der Waals surface area contributed by atoms with Gasteiger partial charge in [-0.2, -0.15) is 4.68 Å². The first kappa shape index (κ1) is 13.1. The van der Waals surface area contributed by atoms with Crippen LogP contribution in [0.5, 0.6) is 0 Å². The van der Waals surface area contributed by atoms with Crippen molar-refractivity contribution in [1.82, 2.24) is 15.1 Å². The highest BCUT2D eigenvalue weighted by Crippen LogP contribution is 2.15. The number of nitrogens with zero attached hydrogens (tertiary/aromatic N) is 3. The number of aryl methyl sites for hydroxylation is 1. The number of hydrogen-bond donors (Lipinski definition) is 2. The van der Waals surface area contributed by atoms with Gasteiger partial charge in [-0.1, -0.05) is 0 Å². The van der Waals surface area contributed by atoms with E-state index in [9.17, 15) is 14.9 Å². The van der Waals surface area contributed by atoms with Crippen molar-refractivity contribution < 1.29 is 14.8 Å². The Morgan fingerprint density at radius 2 is 2.41 bits per heavy atom. The Morgan fingerprint density at radius 1 is 1.76 bits per heavy atom. The van der Waals surface area contributed by atoms with Gasteiger partial charge in [0.2, 0.25) is 5.91 Å².